The van der Waals surface area contributed by atoms with Crippen LogP contribution in [-0.4, -0.2) is 29.5 Å². The molecule has 82 valence electrons. The van der Waals surface area contributed by atoms with Gasteiger partial charge in [-0.15, -0.1) is 0 Å². The minimum absolute atomic E-state index is 0.00866. The first-order chi connectivity index (χ1) is 7.06. The molecule has 1 rings (SSSR count). The molecule has 0 unspecified atom stereocenters. The lowest BCUT2D eigenvalue weighted by molar-refractivity contribution is 0.0794. The Morgan fingerprint density at radius 2 is 2.13 bits per heavy atom. The van der Waals surface area contributed by atoms with Gasteiger partial charge in [-0.2, -0.15) is 0 Å². The fourth-order valence-corrected chi connectivity index (χ4v) is 1.53. The van der Waals surface area contributed by atoms with E-state index in [0.29, 0.717) is 5.56 Å². The summed E-state index contributed by atoms with van der Waals surface area (Å²) in [5.41, 5.74) is 1.46. The Balaban J connectivity index is 2.91. The predicted molar refractivity (Wildman–Crippen MR) is 60.1 cm³/mol. The van der Waals surface area contributed by atoms with Crippen LogP contribution < -0.4 is 0 Å². The Hall–Kier alpha value is -1.51. The largest absolute Gasteiger partial charge is 0.508 e. The molecule has 3 heteroatoms. The van der Waals surface area contributed by atoms with Crippen molar-refractivity contribution in [2.75, 3.05) is 13.6 Å². The van der Waals surface area contributed by atoms with Crippen LogP contribution in [0.3, 0.4) is 0 Å². The summed E-state index contributed by atoms with van der Waals surface area (Å²) in [6.45, 7) is 4.61. The Morgan fingerprint density at radius 1 is 1.47 bits per heavy atom. The number of hydrogen-bond acceptors (Lipinski definition) is 2. The van der Waals surface area contributed by atoms with Crippen molar-refractivity contribution in [3.05, 3.63) is 29.3 Å². The van der Waals surface area contributed by atoms with E-state index in [1.807, 2.05) is 13.8 Å². The molecule has 0 heterocycles. The highest BCUT2D eigenvalue weighted by atomic mass is 16.3. The number of aryl methyl sites for hydroxylation is 1. The molecule has 0 saturated carbocycles. The zero-order valence-electron chi connectivity index (χ0n) is 9.45. The summed E-state index contributed by atoms with van der Waals surface area (Å²) in [4.78, 5) is 13.6. The van der Waals surface area contributed by atoms with E-state index in [1.165, 1.54) is 0 Å². The van der Waals surface area contributed by atoms with E-state index < -0.39 is 0 Å². The van der Waals surface area contributed by atoms with Crippen molar-refractivity contribution in [2.45, 2.75) is 20.3 Å². The van der Waals surface area contributed by atoms with Crippen LogP contribution in [0.4, 0.5) is 0 Å². The summed E-state index contributed by atoms with van der Waals surface area (Å²) in [5.74, 6) is 0.205. The molecule has 0 radical (unpaired) electrons. The summed E-state index contributed by atoms with van der Waals surface area (Å²) >= 11 is 0. The molecule has 0 aromatic heterocycles. The van der Waals surface area contributed by atoms with Crippen LogP contribution >= 0.6 is 0 Å². The second-order valence-electron chi connectivity index (χ2n) is 3.73. The lowest BCUT2D eigenvalue weighted by Crippen LogP contribution is -2.27. The first-order valence-electron chi connectivity index (χ1n) is 5.11. The summed E-state index contributed by atoms with van der Waals surface area (Å²) in [5, 5.41) is 9.24. The second kappa shape index (κ2) is 4.82. The van der Waals surface area contributed by atoms with E-state index in [9.17, 15) is 9.90 Å². The Labute approximate surface area is 90.3 Å². The predicted octanol–water partition coefficient (Wildman–Crippen LogP) is 2.18. The van der Waals surface area contributed by atoms with E-state index in [2.05, 4.69) is 0 Å². The summed E-state index contributed by atoms with van der Waals surface area (Å²) in [7, 11) is 1.79. The quantitative estimate of drug-likeness (QED) is 0.825. The number of aromatic hydroxyl groups is 1. The van der Waals surface area contributed by atoms with Crippen molar-refractivity contribution in [1.29, 1.82) is 0 Å². The van der Waals surface area contributed by atoms with Gasteiger partial charge in [-0.25, -0.2) is 0 Å². The van der Waals surface area contributed by atoms with E-state index in [0.717, 1.165) is 18.5 Å². The lowest BCUT2D eigenvalue weighted by atomic mass is 10.1. The van der Waals surface area contributed by atoms with Gasteiger partial charge in [0.1, 0.15) is 5.75 Å². The van der Waals surface area contributed by atoms with Gasteiger partial charge in [0, 0.05) is 19.2 Å². The number of phenols is 1. The van der Waals surface area contributed by atoms with Crippen LogP contribution in [0.5, 0.6) is 5.75 Å². The highest BCUT2D eigenvalue weighted by Crippen LogP contribution is 2.16. The topological polar surface area (TPSA) is 40.5 Å². The van der Waals surface area contributed by atoms with Crippen molar-refractivity contribution in [2.24, 2.45) is 0 Å². The molecule has 3 nitrogen and oxygen atoms in total. The van der Waals surface area contributed by atoms with E-state index >= 15 is 0 Å². The fourth-order valence-electron chi connectivity index (χ4n) is 1.53. The Morgan fingerprint density at radius 3 is 2.67 bits per heavy atom. The van der Waals surface area contributed by atoms with Crippen LogP contribution in [0, 0.1) is 6.92 Å². The van der Waals surface area contributed by atoms with Gasteiger partial charge in [0.15, 0.2) is 0 Å². The molecule has 0 fully saturated rings. The number of carbonyl (C=O) groups excluding carboxylic acids is 1. The SMILES string of the molecule is CCCN(C)C(=O)c1ccc(O)cc1C. The molecule has 15 heavy (non-hydrogen) atoms. The normalized spacial score (nSPS) is 10.1. The van der Waals surface area contributed by atoms with Crippen LogP contribution in [0.15, 0.2) is 18.2 Å². The maximum Gasteiger partial charge on any atom is 0.253 e. The molecule has 0 saturated heterocycles. The number of carbonyl (C=O) groups is 1. The van der Waals surface area contributed by atoms with Crippen LogP contribution in [0.2, 0.25) is 0 Å². The highest BCUT2D eigenvalue weighted by Gasteiger charge is 2.13. The molecule has 0 aliphatic rings. The smallest absolute Gasteiger partial charge is 0.253 e. The van der Waals surface area contributed by atoms with Gasteiger partial charge in [-0.3, -0.25) is 4.79 Å². The minimum atomic E-state index is 0.00866. The number of rotatable bonds is 3. The van der Waals surface area contributed by atoms with E-state index in [1.54, 1.807) is 30.1 Å². The maximum atomic E-state index is 11.9. The Kier molecular flexibility index (Phi) is 3.72. The summed E-state index contributed by atoms with van der Waals surface area (Å²) in [6.07, 6.45) is 0.944. The molecule has 1 amide bonds. The third-order valence-electron chi connectivity index (χ3n) is 2.35. The number of amides is 1. The molecule has 0 atom stereocenters. The fraction of sp³-hybridized carbons (Fsp3) is 0.417. The molecule has 1 N–H and O–H groups in total. The molecule has 1 aromatic rings. The lowest BCUT2D eigenvalue weighted by Gasteiger charge is -2.17. The summed E-state index contributed by atoms with van der Waals surface area (Å²) < 4.78 is 0. The zero-order chi connectivity index (χ0) is 11.4. The van der Waals surface area contributed by atoms with Gasteiger partial charge in [-0.1, -0.05) is 6.92 Å². The van der Waals surface area contributed by atoms with Crippen molar-refractivity contribution in [3.8, 4) is 5.75 Å². The van der Waals surface area contributed by atoms with Crippen molar-refractivity contribution in [3.63, 3.8) is 0 Å². The first kappa shape index (κ1) is 11.6. The number of hydrogen-bond donors (Lipinski definition) is 1. The highest BCUT2D eigenvalue weighted by molar-refractivity contribution is 5.95. The first-order valence-corrected chi connectivity index (χ1v) is 5.11. The number of benzene rings is 1. The average molecular weight is 207 g/mol. The number of phenolic OH excluding ortho intramolecular Hbond substituents is 1. The molecular formula is C12H17NO2. The van der Waals surface area contributed by atoms with Crippen molar-refractivity contribution < 1.29 is 9.90 Å². The minimum Gasteiger partial charge on any atom is -0.508 e. The molecule has 0 bridgehead atoms. The van der Waals surface area contributed by atoms with Gasteiger partial charge in [0.05, 0.1) is 0 Å². The standard InChI is InChI=1S/C12H17NO2/c1-4-7-13(3)12(15)11-6-5-10(14)8-9(11)2/h5-6,8,14H,4,7H2,1-3H3. The van der Waals surface area contributed by atoms with Gasteiger partial charge in [0.2, 0.25) is 0 Å². The van der Waals surface area contributed by atoms with E-state index in [-0.39, 0.29) is 11.7 Å². The zero-order valence-corrected chi connectivity index (χ0v) is 9.45. The van der Waals surface area contributed by atoms with Crippen LogP contribution in [0.1, 0.15) is 29.3 Å². The van der Waals surface area contributed by atoms with Crippen LogP contribution in [-0.2, 0) is 0 Å². The van der Waals surface area contributed by atoms with E-state index in [4.69, 9.17) is 0 Å². The third-order valence-corrected chi connectivity index (χ3v) is 2.35. The molecular weight excluding hydrogens is 190 g/mol. The van der Waals surface area contributed by atoms with Gasteiger partial charge in [0.25, 0.3) is 5.91 Å². The monoisotopic (exact) mass is 207 g/mol. The van der Waals surface area contributed by atoms with Crippen molar-refractivity contribution >= 4 is 5.91 Å². The second-order valence-corrected chi connectivity index (χ2v) is 3.73. The summed E-state index contributed by atoms with van der Waals surface area (Å²) in [6, 6.07) is 4.81. The molecule has 0 spiro atoms. The number of nitrogens with zero attached hydrogens (tertiary/aromatic N) is 1. The van der Waals surface area contributed by atoms with Crippen LogP contribution in [0.25, 0.3) is 0 Å². The third kappa shape index (κ3) is 2.72. The maximum absolute atomic E-state index is 11.9. The molecule has 0 aliphatic heterocycles. The van der Waals surface area contributed by atoms with Gasteiger partial charge in [-0.05, 0) is 37.1 Å². The Bertz CT molecular complexity index is 361. The average Bonchev–Trinajstić information content (AvgIpc) is 2.17. The van der Waals surface area contributed by atoms with Gasteiger partial charge >= 0.3 is 0 Å². The van der Waals surface area contributed by atoms with Gasteiger partial charge < -0.3 is 10.0 Å². The molecule has 1 aromatic carbocycles. The van der Waals surface area contributed by atoms with Crippen molar-refractivity contribution in [1.82, 2.24) is 4.90 Å². The molecule has 0 aliphatic carbocycles.